The summed E-state index contributed by atoms with van der Waals surface area (Å²) in [6, 6.07) is 6.78. The Bertz CT molecular complexity index is 628. The first kappa shape index (κ1) is 18.1. The van der Waals surface area contributed by atoms with Crippen LogP contribution in [0.4, 0.5) is 4.39 Å². The van der Waals surface area contributed by atoms with Crippen molar-refractivity contribution in [3.8, 4) is 0 Å². The lowest BCUT2D eigenvalue weighted by Gasteiger charge is -2.24. The molecule has 1 saturated heterocycles. The largest absolute Gasteiger partial charge is 0.352 e. The number of nitrogens with one attached hydrogen (secondary N) is 1. The molecular formula is C20H27FN2O2. The standard InChI is InChI=1S/C20H27FN2O2/c1-14(12-19(24)17-8-4-5-9-18(17)21)20(25)22-15-10-11-23(13-15)16-6-2-3-7-16/h4-5,8-9,14-16H,2-3,6-7,10-13H2,1H3,(H,22,25)/t14-,15+/m1/s1. The van der Waals surface area contributed by atoms with E-state index in [-0.39, 0.29) is 29.7 Å². The van der Waals surface area contributed by atoms with E-state index >= 15 is 0 Å². The Morgan fingerprint density at radius 3 is 2.68 bits per heavy atom. The van der Waals surface area contributed by atoms with Crippen LogP contribution in [-0.2, 0) is 4.79 Å². The minimum atomic E-state index is -0.525. The first-order chi connectivity index (χ1) is 12.0. The minimum absolute atomic E-state index is 0.0336. The SMILES string of the molecule is C[C@H](CC(=O)c1ccccc1F)C(=O)N[C@H]1CCN(C2CCCC2)C1. The first-order valence-electron chi connectivity index (χ1n) is 9.36. The van der Waals surface area contributed by atoms with E-state index in [0.717, 1.165) is 19.5 Å². The van der Waals surface area contributed by atoms with Gasteiger partial charge >= 0.3 is 0 Å². The Kier molecular flexibility index (Phi) is 5.84. The van der Waals surface area contributed by atoms with E-state index in [1.54, 1.807) is 19.1 Å². The number of halogens is 1. The Hall–Kier alpha value is -1.75. The molecule has 1 aliphatic heterocycles. The van der Waals surface area contributed by atoms with Gasteiger partial charge in [-0.1, -0.05) is 31.9 Å². The summed E-state index contributed by atoms with van der Waals surface area (Å²) >= 11 is 0. The van der Waals surface area contributed by atoms with E-state index in [9.17, 15) is 14.0 Å². The molecule has 0 aromatic heterocycles. The molecule has 1 aromatic carbocycles. The number of amides is 1. The lowest BCUT2D eigenvalue weighted by atomic mass is 9.98. The van der Waals surface area contributed by atoms with Crippen LogP contribution in [0.3, 0.4) is 0 Å². The fourth-order valence-corrected chi connectivity index (χ4v) is 4.02. The van der Waals surface area contributed by atoms with Crippen molar-refractivity contribution in [1.29, 1.82) is 0 Å². The lowest BCUT2D eigenvalue weighted by molar-refractivity contribution is -0.125. The number of hydrogen-bond donors (Lipinski definition) is 1. The maximum absolute atomic E-state index is 13.7. The van der Waals surface area contributed by atoms with Gasteiger partial charge in [0.1, 0.15) is 5.82 Å². The zero-order chi connectivity index (χ0) is 17.8. The zero-order valence-corrected chi connectivity index (χ0v) is 14.8. The molecule has 0 unspecified atom stereocenters. The quantitative estimate of drug-likeness (QED) is 0.805. The predicted octanol–water partition coefficient (Wildman–Crippen LogP) is 3.17. The average molecular weight is 346 g/mol. The van der Waals surface area contributed by atoms with Gasteiger partial charge in [0.15, 0.2) is 5.78 Å². The summed E-state index contributed by atoms with van der Waals surface area (Å²) in [5, 5.41) is 3.08. The zero-order valence-electron chi connectivity index (χ0n) is 14.8. The molecule has 1 saturated carbocycles. The number of likely N-dealkylation sites (tertiary alicyclic amines) is 1. The molecule has 1 amide bonds. The third-order valence-electron chi connectivity index (χ3n) is 5.52. The summed E-state index contributed by atoms with van der Waals surface area (Å²) in [4.78, 5) is 27.1. The maximum Gasteiger partial charge on any atom is 0.223 e. The number of Topliss-reactive ketones (excluding diaryl/α,β-unsaturated/α-hetero) is 1. The molecule has 136 valence electrons. The molecule has 1 N–H and O–H groups in total. The van der Waals surface area contributed by atoms with E-state index < -0.39 is 11.7 Å². The highest BCUT2D eigenvalue weighted by Crippen LogP contribution is 2.26. The Morgan fingerprint density at radius 2 is 1.96 bits per heavy atom. The molecule has 1 heterocycles. The monoisotopic (exact) mass is 346 g/mol. The summed E-state index contributed by atoms with van der Waals surface area (Å²) < 4.78 is 13.7. The fourth-order valence-electron chi connectivity index (χ4n) is 4.02. The van der Waals surface area contributed by atoms with Crippen LogP contribution in [-0.4, -0.2) is 41.8 Å². The van der Waals surface area contributed by atoms with Crippen molar-refractivity contribution in [3.05, 3.63) is 35.6 Å². The number of ketones is 1. The van der Waals surface area contributed by atoms with Gasteiger partial charge in [0.05, 0.1) is 5.56 Å². The van der Waals surface area contributed by atoms with Gasteiger partial charge in [-0.2, -0.15) is 0 Å². The van der Waals surface area contributed by atoms with Gasteiger partial charge in [-0.25, -0.2) is 4.39 Å². The Morgan fingerprint density at radius 1 is 1.24 bits per heavy atom. The van der Waals surface area contributed by atoms with Crippen molar-refractivity contribution in [2.75, 3.05) is 13.1 Å². The van der Waals surface area contributed by atoms with E-state index in [2.05, 4.69) is 10.2 Å². The van der Waals surface area contributed by atoms with Gasteiger partial charge in [0.2, 0.25) is 5.91 Å². The molecule has 0 bridgehead atoms. The molecule has 2 atom stereocenters. The van der Waals surface area contributed by atoms with Crippen LogP contribution in [0.25, 0.3) is 0 Å². The minimum Gasteiger partial charge on any atom is -0.352 e. The Labute approximate surface area is 148 Å². The van der Waals surface area contributed by atoms with Gasteiger partial charge in [-0.05, 0) is 31.4 Å². The molecule has 0 spiro atoms. The topological polar surface area (TPSA) is 49.4 Å². The van der Waals surface area contributed by atoms with Crippen LogP contribution in [0, 0.1) is 11.7 Å². The summed E-state index contributed by atoms with van der Waals surface area (Å²) in [5.74, 6) is -1.40. The van der Waals surface area contributed by atoms with Crippen molar-refractivity contribution >= 4 is 11.7 Å². The van der Waals surface area contributed by atoms with Gasteiger partial charge in [-0.15, -0.1) is 0 Å². The highest BCUT2D eigenvalue weighted by molar-refractivity contribution is 5.98. The second-order valence-electron chi connectivity index (χ2n) is 7.44. The number of carbonyl (C=O) groups excluding carboxylic acids is 2. The summed E-state index contributed by atoms with van der Waals surface area (Å²) in [7, 11) is 0. The van der Waals surface area contributed by atoms with Crippen LogP contribution in [0.5, 0.6) is 0 Å². The number of nitrogens with zero attached hydrogens (tertiary/aromatic N) is 1. The predicted molar refractivity (Wildman–Crippen MR) is 94.9 cm³/mol. The van der Waals surface area contributed by atoms with Crippen molar-refractivity contribution in [2.24, 2.45) is 5.92 Å². The van der Waals surface area contributed by atoms with Crippen molar-refractivity contribution in [1.82, 2.24) is 10.2 Å². The maximum atomic E-state index is 13.7. The Balaban J connectivity index is 1.48. The van der Waals surface area contributed by atoms with Crippen molar-refractivity contribution in [2.45, 2.75) is 57.5 Å². The molecule has 5 heteroatoms. The van der Waals surface area contributed by atoms with E-state index in [4.69, 9.17) is 0 Å². The third-order valence-corrected chi connectivity index (χ3v) is 5.52. The van der Waals surface area contributed by atoms with Gasteiger partial charge in [0.25, 0.3) is 0 Å². The molecule has 25 heavy (non-hydrogen) atoms. The van der Waals surface area contributed by atoms with Crippen molar-refractivity contribution in [3.63, 3.8) is 0 Å². The number of rotatable bonds is 6. The van der Waals surface area contributed by atoms with Crippen LogP contribution < -0.4 is 5.32 Å². The summed E-state index contributed by atoms with van der Waals surface area (Å²) in [6.07, 6.45) is 6.17. The van der Waals surface area contributed by atoms with E-state index in [1.165, 1.54) is 37.8 Å². The third kappa shape index (κ3) is 4.46. The molecule has 4 nitrogen and oxygen atoms in total. The second-order valence-corrected chi connectivity index (χ2v) is 7.44. The molecule has 3 rings (SSSR count). The second kappa shape index (κ2) is 8.09. The number of hydrogen-bond acceptors (Lipinski definition) is 3. The molecule has 1 aromatic rings. The van der Waals surface area contributed by atoms with Gasteiger partial charge in [0, 0.05) is 37.5 Å². The molecular weight excluding hydrogens is 319 g/mol. The molecule has 0 radical (unpaired) electrons. The van der Waals surface area contributed by atoms with Gasteiger partial charge in [-0.3, -0.25) is 14.5 Å². The smallest absolute Gasteiger partial charge is 0.223 e. The lowest BCUT2D eigenvalue weighted by Crippen LogP contribution is -2.41. The number of benzene rings is 1. The van der Waals surface area contributed by atoms with E-state index in [1.807, 2.05) is 0 Å². The number of carbonyl (C=O) groups is 2. The highest BCUT2D eigenvalue weighted by Gasteiger charge is 2.31. The highest BCUT2D eigenvalue weighted by atomic mass is 19.1. The molecule has 1 aliphatic carbocycles. The fraction of sp³-hybridized carbons (Fsp3) is 0.600. The normalized spacial score (nSPS) is 22.9. The van der Waals surface area contributed by atoms with Crippen LogP contribution >= 0.6 is 0 Å². The average Bonchev–Trinajstić information content (AvgIpc) is 3.26. The summed E-state index contributed by atoms with van der Waals surface area (Å²) in [6.45, 7) is 3.68. The first-order valence-corrected chi connectivity index (χ1v) is 9.36. The molecule has 2 fully saturated rings. The van der Waals surface area contributed by atoms with Gasteiger partial charge < -0.3 is 5.32 Å². The summed E-state index contributed by atoms with van der Waals surface area (Å²) in [5.41, 5.74) is 0.0652. The van der Waals surface area contributed by atoms with Crippen LogP contribution in [0.1, 0.15) is 55.8 Å². The van der Waals surface area contributed by atoms with Crippen LogP contribution in [0.2, 0.25) is 0 Å². The van der Waals surface area contributed by atoms with E-state index in [0.29, 0.717) is 6.04 Å². The van der Waals surface area contributed by atoms with Crippen LogP contribution in [0.15, 0.2) is 24.3 Å². The molecule has 2 aliphatic rings. The van der Waals surface area contributed by atoms with Crippen molar-refractivity contribution < 1.29 is 14.0 Å².